The van der Waals surface area contributed by atoms with Crippen LogP contribution in [-0.4, -0.2) is 15.0 Å². The molecule has 5 nitrogen and oxygen atoms in total. The number of benzene rings is 3. The number of fused-ring (bicyclic) bond motifs is 2. The summed E-state index contributed by atoms with van der Waals surface area (Å²) in [5, 5.41) is 22.6. The van der Waals surface area contributed by atoms with Crippen LogP contribution < -0.4 is 0 Å². The third kappa shape index (κ3) is 2.89. The van der Waals surface area contributed by atoms with Crippen LogP contribution in [0.25, 0.3) is 55.4 Å². The second-order valence-corrected chi connectivity index (χ2v) is 8.02. The smallest absolute Gasteiger partial charge is 0.102 e. The molecular formula is C29H17N5. The average Bonchev–Trinajstić information content (AvgIpc) is 3.52. The molecule has 0 aliphatic rings. The SMILES string of the molecule is N#Cc1c(-c2c[nH]c3ccccc23)nc(-c2c[nH]c3ccccc23)c(C#N)c1-c1ccccc1. The first-order valence-corrected chi connectivity index (χ1v) is 10.9. The quantitative estimate of drug-likeness (QED) is 0.321. The molecule has 0 saturated heterocycles. The lowest BCUT2D eigenvalue weighted by Gasteiger charge is -2.15. The third-order valence-corrected chi connectivity index (χ3v) is 6.17. The Morgan fingerprint density at radius 3 is 1.56 bits per heavy atom. The highest BCUT2D eigenvalue weighted by atomic mass is 14.8. The number of pyridine rings is 1. The molecule has 0 radical (unpaired) electrons. The van der Waals surface area contributed by atoms with Crippen LogP contribution in [0.1, 0.15) is 11.1 Å². The molecule has 3 heterocycles. The first-order chi connectivity index (χ1) is 16.8. The van der Waals surface area contributed by atoms with E-state index in [-0.39, 0.29) is 0 Å². The predicted molar refractivity (Wildman–Crippen MR) is 134 cm³/mol. The van der Waals surface area contributed by atoms with Crippen molar-refractivity contribution in [2.75, 3.05) is 0 Å². The number of hydrogen-bond acceptors (Lipinski definition) is 3. The summed E-state index contributed by atoms with van der Waals surface area (Å²) >= 11 is 0. The number of hydrogen-bond donors (Lipinski definition) is 2. The molecule has 34 heavy (non-hydrogen) atoms. The highest BCUT2D eigenvalue weighted by Crippen LogP contribution is 2.41. The Labute approximate surface area is 195 Å². The van der Waals surface area contributed by atoms with Crippen molar-refractivity contribution in [2.45, 2.75) is 0 Å². The van der Waals surface area contributed by atoms with Crippen molar-refractivity contribution in [3.8, 4) is 45.8 Å². The lowest BCUT2D eigenvalue weighted by molar-refractivity contribution is 1.28. The molecule has 0 aliphatic heterocycles. The van der Waals surface area contributed by atoms with Crippen molar-refractivity contribution in [3.05, 3.63) is 102 Å². The summed E-state index contributed by atoms with van der Waals surface area (Å²) < 4.78 is 0. The van der Waals surface area contributed by atoms with Gasteiger partial charge in [0.1, 0.15) is 12.1 Å². The number of nitrogens with one attached hydrogen (secondary N) is 2. The Balaban J connectivity index is 1.78. The monoisotopic (exact) mass is 435 g/mol. The van der Waals surface area contributed by atoms with Crippen molar-refractivity contribution in [1.82, 2.24) is 15.0 Å². The molecule has 0 saturated carbocycles. The van der Waals surface area contributed by atoms with Gasteiger partial charge in [-0.05, 0) is 17.7 Å². The second kappa shape index (κ2) is 7.78. The van der Waals surface area contributed by atoms with E-state index in [1.165, 1.54) is 0 Å². The minimum absolute atomic E-state index is 0.385. The van der Waals surface area contributed by atoms with E-state index in [4.69, 9.17) is 4.98 Å². The maximum Gasteiger partial charge on any atom is 0.102 e. The number of rotatable bonds is 3. The zero-order chi connectivity index (χ0) is 23.1. The molecule has 3 aromatic heterocycles. The van der Waals surface area contributed by atoms with Gasteiger partial charge in [0.25, 0.3) is 0 Å². The van der Waals surface area contributed by atoms with Gasteiger partial charge in [0.05, 0.1) is 22.5 Å². The Bertz CT molecular complexity index is 1670. The van der Waals surface area contributed by atoms with Gasteiger partial charge in [-0.1, -0.05) is 66.7 Å². The summed E-state index contributed by atoms with van der Waals surface area (Å²) in [6.45, 7) is 0. The summed E-state index contributed by atoms with van der Waals surface area (Å²) in [5.74, 6) is 0. The normalized spacial score (nSPS) is 10.9. The van der Waals surface area contributed by atoms with Crippen molar-refractivity contribution in [3.63, 3.8) is 0 Å². The fourth-order valence-corrected chi connectivity index (χ4v) is 4.62. The van der Waals surface area contributed by atoms with Crippen molar-refractivity contribution < 1.29 is 0 Å². The summed E-state index contributed by atoms with van der Waals surface area (Å²) in [5.41, 5.74) is 6.86. The van der Waals surface area contributed by atoms with E-state index in [0.29, 0.717) is 28.1 Å². The second-order valence-electron chi connectivity index (χ2n) is 8.02. The van der Waals surface area contributed by atoms with Crippen LogP contribution in [0.15, 0.2) is 91.3 Å². The number of nitrogens with zero attached hydrogens (tertiary/aromatic N) is 3. The molecule has 6 rings (SSSR count). The molecule has 6 aromatic rings. The van der Waals surface area contributed by atoms with Gasteiger partial charge >= 0.3 is 0 Å². The van der Waals surface area contributed by atoms with Crippen LogP contribution in [0.4, 0.5) is 0 Å². The highest BCUT2D eigenvalue weighted by Gasteiger charge is 2.25. The Morgan fingerprint density at radius 1 is 0.588 bits per heavy atom. The van der Waals surface area contributed by atoms with Crippen LogP contribution in [0, 0.1) is 22.7 Å². The minimum atomic E-state index is 0.385. The molecule has 0 unspecified atom stereocenters. The maximum atomic E-state index is 10.3. The maximum absolute atomic E-state index is 10.3. The van der Waals surface area contributed by atoms with Crippen LogP contribution in [0.3, 0.4) is 0 Å². The molecular weight excluding hydrogens is 418 g/mol. The molecule has 0 bridgehead atoms. The first-order valence-electron chi connectivity index (χ1n) is 10.9. The van der Waals surface area contributed by atoms with Gasteiger partial charge in [0.2, 0.25) is 0 Å². The zero-order valence-electron chi connectivity index (χ0n) is 18.0. The van der Waals surface area contributed by atoms with E-state index >= 15 is 0 Å². The molecule has 3 aromatic carbocycles. The number of aromatic amines is 2. The lowest BCUT2D eigenvalue weighted by Crippen LogP contribution is -2.01. The number of para-hydroxylation sites is 2. The molecule has 0 atom stereocenters. The van der Waals surface area contributed by atoms with Gasteiger partial charge < -0.3 is 9.97 Å². The number of H-pyrrole nitrogens is 2. The number of aromatic nitrogens is 3. The van der Waals surface area contributed by atoms with Gasteiger partial charge in [-0.25, -0.2) is 4.98 Å². The van der Waals surface area contributed by atoms with Gasteiger partial charge in [0.15, 0.2) is 0 Å². The van der Waals surface area contributed by atoms with E-state index in [2.05, 4.69) is 22.1 Å². The molecule has 0 aliphatic carbocycles. The van der Waals surface area contributed by atoms with Crippen LogP contribution in [-0.2, 0) is 0 Å². The van der Waals surface area contributed by atoms with Crippen LogP contribution in [0.5, 0.6) is 0 Å². The van der Waals surface area contributed by atoms with Gasteiger partial charge in [-0.3, -0.25) is 0 Å². The standard InChI is InChI=1S/C29H17N5/c30-14-21-27(18-8-2-1-3-9-18)22(15-31)29(24-17-33-26-13-7-5-11-20(24)26)34-28(21)23-16-32-25-12-6-4-10-19(23)25/h1-13,16-17,32-33H. The van der Waals surface area contributed by atoms with E-state index < -0.39 is 0 Å². The largest absolute Gasteiger partial charge is 0.360 e. The van der Waals surface area contributed by atoms with E-state index in [9.17, 15) is 10.5 Å². The zero-order valence-corrected chi connectivity index (χ0v) is 18.0. The van der Waals surface area contributed by atoms with E-state index in [1.54, 1.807) is 0 Å². The van der Waals surface area contributed by atoms with Gasteiger partial charge in [0, 0.05) is 50.9 Å². The van der Waals surface area contributed by atoms with Crippen molar-refractivity contribution in [1.29, 1.82) is 10.5 Å². The summed E-state index contributed by atoms with van der Waals surface area (Å²) in [7, 11) is 0. The number of nitriles is 2. The van der Waals surface area contributed by atoms with Crippen LogP contribution >= 0.6 is 0 Å². The summed E-state index contributed by atoms with van der Waals surface area (Å²) in [6.07, 6.45) is 3.77. The van der Waals surface area contributed by atoms with Crippen LogP contribution in [0.2, 0.25) is 0 Å². The van der Waals surface area contributed by atoms with E-state index in [1.807, 2.05) is 91.3 Å². The molecule has 0 fully saturated rings. The first kappa shape index (κ1) is 19.5. The molecule has 2 N–H and O–H groups in total. The predicted octanol–water partition coefficient (Wildman–Crippen LogP) is 6.79. The fraction of sp³-hybridized carbons (Fsp3) is 0. The topological polar surface area (TPSA) is 92.0 Å². The molecule has 0 spiro atoms. The lowest BCUT2D eigenvalue weighted by atomic mass is 9.89. The fourth-order valence-electron chi connectivity index (χ4n) is 4.62. The Kier molecular flexibility index (Phi) is 4.47. The van der Waals surface area contributed by atoms with Gasteiger partial charge in [-0.15, -0.1) is 0 Å². The molecule has 158 valence electrons. The van der Waals surface area contributed by atoms with Crippen molar-refractivity contribution in [2.24, 2.45) is 0 Å². The van der Waals surface area contributed by atoms with E-state index in [0.717, 1.165) is 38.5 Å². The Hall–Kier alpha value is -5.13. The average molecular weight is 435 g/mol. The third-order valence-electron chi connectivity index (χ3n) is 6.17. The minimum Gasteiger partial charge on any atom is -0.360 e. The summed E-state index contributed by atoms with van der Waals surface area (Å²) in [6, 6.07) is 30.2. The molecule has 5 heteroatoms. The summed E-state index contributed by atoms with van der Waals surface area (Å²) in [4.78, 5) is 11.6. The Morgan fingerprint density at radius 2 is 1.06 bits per heavy atom. The molecule has 0 amide bonds. The van der Waals surface area contributed by atoms with Gasteiger partial charge in [-0.2, -0.15) is 10.5 Å². The van der Waals surface area contributed by atoms with Crippen molar-refractivity contribution >= 4 is 21.8 Å². The highest BCUT2D eigenvalue weighted by molar-refractivity contribution is 6.02.